The van der Waals surface area contributed by atoms with Crippen molar-refractivity contribution in [1.29, 1.82) is 0 Å². The number of pyridine rings is 1. The highest BCUT2D eigenvalue weighted by atomic mass is 35.5. The third-order valence-corrected chi connectivity index (χ3v) is 6.41. The van der Waals surface area contributed by atoms with Gasteiger partial charge in [0.2, 0.25) is 15.9 Å². The average molecular weight is 420 g/mol. The molecule has 1 atom stereocenters. The Morgan fingerprint density at radius 3 is 2.56 bits per heavy atom. The predicted molar refractivity (Wildman–Crippen MR) is 91.6 cm³/mol. The van der Waals surface area contributed by atoms with Crippen LogP contribution in [0.1, 0.15) is 24.4 Å². The van der Waals surface area contributed by atoms with Crippen LogP contribution in [-0.4, -0.2) is 29.7 Å². The van der Waals surface area contributed by atoms with Gasteiger partial charge in [0.25, 0.3) is 0 Å². The number of halogens is 4. The van der Waals surface area contributed by atoms with E-state index in [1.165, 1.54) is 20.2 Å². The first-order chi connectivity index (χ1) is 12.5. The zero-order valence-corrected chi connectivity index (χ0v) is 15.6. The minimum Gasteiger partial charge on any atom is -0.437 e. The second-order valence-corrected chi connectivity index (χ2v) is 8.09. The lowest BCUT2D eigenvalue weighted by atomic mass is 10.2. The molecule has 0 saturated heterocycles. The standard InChI is InChI=1S/C16H13ClF3N3O3S/c1-9(15-22-14-12(26-15)4-3-7-21-14)23(2)27(24,25)13-6-5-10(8-11(13)17)16(18,19)20/h3-9H,1-2H3/t9-/m0/s1. The fourth-order valence-corrected chi connectivity index (χ4v) is 4.20. The van der Waals surface area contributed by atoms with E-state index in [9.17, 15) is 21.6 Å². The number of benzene rings is 1. The van der Waals surface area contributed by atoms with Crippen molar-refractivity contribution < 1.29 is 26.0 Å². The molecule has 0 N–H and O–H groups in total. The lowest BCUT2D eigenvalue weighted by Crippen LogP contribution is -2.30. The van der Waals surface area contributed by atoms with Gasteiger partial charge in [0.1, 0.15) is 4.90 Å². The fraction of sp³-hybridized carbons (Fsp3) is 0.250. The summed E-state index contributed by atoms with van der Waals surface area (Å²) in [5, 5.41) is -0.525. The Hall–Kier alpha value is -2.17. The molecule has 0 aliphatic carbocycles. The molecular formula is C16H13ClF3N3O3S. The molecule has 2 aromatic heterocycles. The maximum Gasteiger partial charge on any atom is 0.416 e. The highest BCUT2D eigenvalue weighted by Gasteiger charge is 2.34. The molecule has 0 radical (unpaired) electrons. The molecule has 3 rings (SSSR count). The molecule has 27 heavy (non-hydrogen) atoms. The number of sulfonamides is 1. The van der Waals surface area contributed by atoms with E-state index in [1.807, 2.05) is 0 Å². The summed E-state index contributed by atoms with van der Waals surface area (Å²) in [4.78, 5) is 7.71. The molecular weight excluding hydrogens is 407 g/mol. The number of nitrogens with zero attached hydrogens (tertiary/aromatic N) is 3. The predicted octanol–water partition coefficient (Wildman–Crippen LogP) is 4.28. The molecule has 0 aliphatic heterocycles. The minimum absolute atomic E-state index is 0.0952. The first-order valence-electron chi connectivity index (χ1n) is 7.58. The molecule has 144 valence electrons. The Morgan fingerprint density at radius 2 is 1.96 bits per heavy atom. The normalized spacial score (nSPS) is 14.0. The van der Waals surface area contributed by atoms with Crippen molar-refractivity contribution in [3.8, 4) is 0 Å². The number of fused-ring (bicyclic) bond motifs is 1. The van der Waals surface area contributed by atoms with Crippen LogP contribution in [0.4, 0.5) is 13.2 Å². The van der Waals surface area contributed by atoms with Gasteiger partial charge in [-0.3, -0.25) is 0 Å². The van der Waals surface area contributed by atoms with E-state index in [-0.39, 0.29) is 5.89 Å². The molecule has 11 heteroatoms. The highest BCUT2D eigenvalue weighted by Crippen LogP contribution is 2.35. The van der Waals surface area contributed by atoms with Crippen molar-refractivity contribution >= 4 is 32.9 Å². The van der Waals surface area contributed by atoms with E-state index in [1.54, 1.807) is 12.1 Å². The summed E-state index contributed by atoms with van der Waals surface area (Å²) in [6.07, 6.45) is -3.11. The van der Waals surface area contributed by atoms with Gasteiger partial charge < -0.3 is 4.42 Å². The summed E-state index contributed by atoms with van der Waals surface area (Å²) in [6, 6.07) is 4.51. The molecule has 0 bridgehead atoms. The number of alkyl halides is 3. The van der Waals surface area contributed by atoms with E-state index in [0.29, 0.717) is 23.4 Å². The maximum absolute atomic E-state index is 12.8. The molecule has 3 aromatic rings. The van der Waals surface area contributed by atoms with Crippen molar-refractivity contribution in [2.75, 3.05) is 7.05 Å². The highest BCUT2D eigenvalue weighted by molar-refractivity contribution is 7.89. The zero-order chi connectivity index (χ0) is 20.0. The maximum atomic E-state index is 12.8. The van der Waals surface area contributed by atoms with Gasteiger partial charge in [0.15, 0.2) is 11.2 Å². The van der Waals surface area contributed by atoms with Crippen molar-refractivity contribution in [2.45, 2.75) is 24.0 Å². The number of hydrogen-bond donors (Lipinski definition) is 0. The lowest BCUT2D eigenvalue weighted by Gasteiger charge is -2.22. The Balaban J connectivity index is 1.96. The Labute approximate surface area is 157 Å². The number of oxazole rings is 1. The van der Waals surface area contributed by atoms with Crippen LogP contribution < -0.4 is 0 Å². The van der Waals surface area contributed by atoms with Crippen molar-refractivity contribution in [3.05, 3.63) is 53.0 Å². The van der Waals surface area contributed by atoms with E-state index < -0.39 is 37.7 Å². The molecule has 0 saturated carbocycles. The van der Waals surface area contributed by atoms with Gasteiger partial charge in [-0.1, -0.05) is 11.6 Å². The summed E-state index contributed by atoms with van der Waals surface area (Å²) in [5.41, 5.74) is -0.331. The average Bonchev–Trinajstić information content (AvgIpc) is 3.03. The van der Waals surface area contributed by atoms with Gasteiger partial charge in [0, 0.05) is 13.2 Å². The molecule has 0 amide bonds. The molecule has 0 fully saturated rings. The van der Waals surface area contributed by atoms with Gasteiger partial charge in [-0.15, -0.1) is 0 Å². The lowest BCUT2D eigenvalue weighted by molar-refractivity contribution is -0.137. The zero-order valence-electron chi connectivity index (χ0n) is 14.0. The monoisotopic (exact) mass is 419 g/mol. The number of aromatic nitrogens is 2. The largest absolute Gasteiger partial charge is 0.437 e. The summed E-state index contributed by atoms with van der Waals surface area (Å²) < 4.78 is 70.4. The Bertz CT molecular complexity index is 1070. The molecule has 0 unspecified atom stereocenters. The smallest absolute Gasteiger partial charge is 0.416 e. The topological polar surface area (TPSA) is 76.3 Å². The van der Waals surface area contributed by atoms with Gasteiger partial charge >= 0.3 is 6.18 Å². The van der Waals surface area contributed by atoms with E-state index >= 15 is 0 Å². The van der Waals surface area contributed by atoms with Crippen molar-refractivity contribution in [3.63, 3.8) is 0 Å². The molecule has 2 heterocycles. The fourth-order valence-electron chi connectivity index (χ4n) is 2.37. The van der Waals surface area contributed by atoms with Crippen molar-refractivity contribution in [2.24, 2.45) is 0 Å². The van der Waals surface area contributed by atoms with Crippen LogP contribution in [0.5, 0.6) is 0 Å². The molecule has 6 nitrogen and oxygen atoms in total. The van der Waals surface area contributed by atoms with Crippen LogP contribution in [0.15, 0.2) is 45.8 Å². The first kappa shape index (κ1) is 19.6. The van der Waals surface area contributed by atoms with Gasteiger partial charge in [-0.2, -0.15) is 22.5 Å². The van der Waals surface area contributed by atoms with Crippen LogP contribution in [0.2, 0.25) is 5.02 Å². The number of hydrogen-bond acceptors (Lipinski definition) is 5. The quantitative estimate of drug-likeness (QED) is 0.631. The summed E-state index contributed by atoms with van der Waals surface area (Å²) in [5.74, 6) is 0.0952. The van der Waals surface area contributed by atoms with E-state index in [0.717, 1.165) is 10.4 Å². The SMILES string of the molecule is C[C@@H](c1nc2ncccc2o1)N(C)S(=O)(=O)c1ccc(C(F)(F)F)cc1Cl. The summed E-state index contributed by atoms with van der Waals surface area (Å²) in [6.45, 7) is 1.53. The first-order valence-corrected chi connectivity index (χ1v) is 9.40. The third-order valence-electron chi connectivity index (χ3n) is 4.00. The van der Waals surface area contributed by atoms with Crippen LogP contribution in [0.3, 0.4) is 0 Å². The van der Waals surface area contributed by atoms with Crippen molar-refractivity contribution in [1.82, 2.24) is 14.3 Å². The Morgan fingerprint density at radius 1 is 1.26 bits per heavy atom. The summed E-state index contributed by atoms with van der Waals surface area (Å²) >= 11 is 5.82. The van der Waals surface area contributed by atoms with Gasteiger partial charge in [-0.25, -0.2) is 13.4 Å². The molecule has 1 aromatic carbocycles. The van der Waals surface area contributed by atoms with E-state index in [4.69, 9.17) is 16.0 Å². The minimum atomic E-state index is -4.63. The van der Waals surface area contributed by atoms with Gasteiger partial charge in [-0.05, 0) is 37.3 Å². The van der Waals surface area contributed by atoms with Crippen LogP contribution in [0.25, 0.3) is 11.2 Å². The summed E-state index contributed by atoms with van der Waals surface area (Å²) in [7, 11) is -2.94. The van der Waals surface area contributed by atoms with Crippen LogP contribution in [-0.2, 0) is 16.2 Å². The molecule has 0 aliphatic rings. The number of rotatable bonds is 4. The third kappa shape index (κ3) is 3.64. The second-order valence-electron chi connectivity index (χ2n) is 5.72. The van der Waals surface area contributed by atoms with E-state index in [2.05, 4.69) is 9.97 Å². The second kappa shape index (κ2) is 6.77. The Kier molecular flexibility index (Phi) is 4.91. The van der Waals surface area contributed by atoms with Crippen LogP contribution in [0, 0.1) is 0 Å². The van der Waals surface area contributed by atoms with Gasteiger partial charge in [0.05, 0.1) is 16.6 Å². The molecule has 0 spiro atoms. The van der Waals surface area contributed by atoms with Crippen LogP contribution >= 0.6 is 11.6 Å².